The van der Waals surface area contributed by atoms with Crippen LogP contribution in [0.4, 0.5) is 0 Å². The molecule has 128 valence electrons. The van der Waals surface area contributed by atoms with Gasteiger partial charge in [-0.15, -0.1) is 0 Å². The molecule has 3 nitrogen and oxygen atoms in total. The van der Waals surface area contributed by atoms with Crippen LogP contribution in [0.15, 0.2) is 84.9 Å². The molecule has 3 aromatic carbocycles. The second-order valence-electron chi connectivity index (χ2n) is 6.06. The Balaban J connectivity index is 1.91. The van der Waals surface area contributed by atoms with Gasteiger partial charge >= 0.3 is 0 Å². The first kappa shape index (κ1) is 17.4. The van der Waals surface area contributed by atoms with Crippen molar-refractivity contribution in [3.63, 3.8) is 0 Å². The fourth-order valence-electron chi connectivity index (χ4n) is 2.82. The molecule has 0 radical (unpaired) electrons. The molecule has 25 heavy (non-hydrogen) atoms. The minimum absolute atomic E-state index is 0.0319. The molecule has 0 bridgehead atoms. The highest BCUT2D eigenvalue weighted by Crippen LogP contribution is 2.23. The van der Waals surface area contributed by atoms with Crippen molar-refractivity contribution >= 4 is 10.0 Å². The van der Waals surface area contributed by atoms with Gasteiger partial charge in [0, 0.05) is 0 Å². The molecule has 0 saturated heterocycles. The lowest BCUT2D eigenvalue weighted by Gasteiger charge is -2.20. The molecule has 3 rings (SSSR count). The molecular formula is C21H21NO2S. The summed E-state index contributed by atoms with van der Waals surface area (Å²) < 4.78 is 28.5. The van der Waals surface area contributed by atoms with Gasteiger partial charge in [0.1, 0.15) is 0 Å². The predicted octanol–water partition coefficient (Wildman–Crippen LogP) is 4.20. The maximum absolute atomic E-state index is 12.8. The maximum atomic E-state index is 12.8. The van der Waals surface area contributed by atoms with Crippen LogP contribution in [-0.4, -0.2) is 8.42 Å². The molecule has 0 aromatic heterocycles. The van der Waals surface area contributed by atoms with Crippen LogP contribution in [0.5, 0.6) is 0 Å². The van der Waals surface area contributed by atoms with Gasteiger partial charge in [0.2, 0.25) is 10.0 Å². The summed E-state index contributed by atoms with van der Waals surface area (Å²) in [5, 5.41) is 0. The number of nitrogens with one attached hydrogen (secondary N) is 1. The molecule has 0 aliphatic heterocycles. The van der Waals surface area contributed by atoms with Gasteiger partial charge in [-0.05, 0) is 29.2 Å². The molecule has 0 amide bonds. The lowest BCUT2D eigenvalue weighted by Crippen LogP contribution is -2.30. The van der Waals surface area contributed by atoms with Gasteiger partial charge in [-0.1, -0.05) is 84.9 Å². The van der Waals surface area contributed by atoms with Gasteiger partial charge in [0.05, 0.1) is 11.8 Å². The van der Waals surface area contributed by atoms with Crippen LogP contribution in [0.25, 0.3) is 0 Å². The van der Waals surface area contributed by atoms with E-state index in [4.69, 9.17) is 0 Å². The fraction of sp³-hybridized carbons (Fsp3) is 0.143. The van der Waals surface area contributed by atoms with Gasteiger partial charge in [-0.3, -0.25) is 0 Å². The third kappa shape index (κ3) is 4.56. The Labute approximate surface area is 149 Å². The van der Waals surface area contributed by atoms with Gasteiger partial charge in [-0.2, -0.15) is 0 Å². The molecule has 0 aliphatic carbocycles. The molecule has 0 spiro atoms. The second-order valence-corrected chi connectivity index (χ2v) is 7.81. The summed E-state index contributed by atoms with van der Waals surface area (Å²) >= 11 is 0. The summed E-state index contributed by atoms with van der Waals surface area (Å²) in [5.74, 6) is -0.0319. The number of aryl methyl sites for hydroxylation is 1. The molecule has 0 aliphatic rings. The van der Waals surface area contributed by atoms with Crippen molar-refractivity contribution in [2.45, 2.75) is 18.7 Å². The topological polar surface area (TPSA) is 46.2 Å². The first-order valence-electron chi connectivity index (χ1n) is 8.19. The van der Waals surface area contributed by atoms with Crippen LogP contribution in [-0.2, 0) is 15.8 Å². The summed E-state index contributed by atoms with van der Waals surface area (Å²) in [4.78, 5) is 0. The van der Waals surface area contributed by atoms with Gasteiger partial charge < -0.3 is 0 Å². The van der Waals surface area contributed by atoms with Gasteiger partial charge in [0.15, 0.2) is 0 Å². The molecule has 3 aromatic rings. The standard InChI is InChI=1S/C21H21NO2S/c1-17-10-8-9-15-20(17)16-25(23,24)22-21(18-11-4-2-5-12-18)19-13-6-3-7-14-19/h2-15,21-22H,16H2,1H3. The van der Waals surface area contributed by atoms with E-state index in [1.54, 1.807) is 0 Å². The third-order valence-corrected chi connectivity index (χ3v) is 5.46. The van der Waals surface area contributed by atoms with Crippen LogP contribution < -0.4 is 4.72 Å². The minimum atomic E-state index is -3.50. The Morgan fingerprint density at radius 1 is 0.760 bits per heavy atom. The molecule has 0 saturated carbocycles. The lowest BCUT2D eigenvalue weighted by atomic mass is 10.00. The smallest absolute Gasteiger partial charge is 0.212 e. The second kappa shape index (κ2) is 7.64. The van der Waals surface area contributed by atoms with Crippen LogP contribution in [0.2, 0.25) is 0 Å². The van der Waals surface area contributed by atoms with Crippen molar-refractivity contribution in [1.29, 1.82) is 0 Å². The van der Waals surface area contributed by atoms with Crippen molar-refractivity contribution in [1.82, 2.24) is 4.72 Å². The van der Waals surface area contributed by atoms with E-state index in [9.17, 15) is 8.42 Å². The number of benzene rings is 3. The van der Waals surface area contributed by atoms with Crippen molar-refractivity contribution in [2.75, 3.05) is 0 Å². The quantitative estimate of drug-likeness (QED) is 0.723. The first-order valence-corrected chi connectivity index (χ1v) is 9.85. The van der Waals surface area contributed by atoms with Crippen molar-refractivity contribution in [2.24, 2.45) is 0 Å². The van der Waals surface area contributed by atoms with Crippen molar-refractivity contribution < 1.29 is 8.42 Å². The summed E-state index contributed by atoms with van der Waals surface area (Å²) in [6.45, 7) is 1.93. The van der Waals surface area contributed by atoms with Gasteiger partial charge in [-0.25, -0.2) is 13.1 Å². The molecule has 0 atom stereocenters. The largest absolute Gasteiger partial charge is 0.216 e. The number of rotatable bonds is 6. The molecule has 4 heteroatoms. The zero-order valence-electron chi connectivity index (χ0n) is 14.1. The highest BCUT2D eigenvalue weighted by Gasteiger charge is 2.21. The minimum Gasteiger partial charge on any atom is -0.212 e. The monoisotopic (exact) mass is 351 g/mol. The summed E-state index contributed by atoms with van der Waals surface area (Å²) in [6.07, 6.45) is 0. The van der Waals surface area contributed by atoms with E-state index in [2.05, 4.69) is 4.72 Å². The van der Waals surface area contributed by atoms with E-state index < -0.39 is 16.1 Å². The van der Waals surface area contributed by atoms with E-state index in [0.717, 1.165) is 22.3 Å². The zero-order valence-corrected chi connectivity index (χ0v) is 14.9. The third-order valence-electron chi connectivity index (χ3n) is 4.17. The van der Waals surface area contributed by atoms with E-state index in [0.29, 0.717) is 0 Å². The molecule has 0 unspecified atom stereocenters. The zero-order chi connectivity index (χ0) is 17.7. The van der Waals surface area contributed by atoms with Crippen LogP contribution >= 0.6 is 0 Å². The average Bonchev–Trinajstić information content (AvgIpc) is 2.63. The van der Waals surface area contributed by atoms with Gasteiger partial charge in [0.25, 0.3) is 0 Å². The summed E-state index contributed by atoms with van der Waals surface area (Å²) in [5.41, 5.74) is 3.63. The Bertz CT molecular complexity index is 883. The number of hydrogen-bond donors (Lipinski definition) is 1. The van der Waals surface area contributed by atoms with E-state index in [-0.39, 0.29) is 5.75 Å². The SMILES string of the molecule is Cc1ccccc1CS(=O)(=O)NC(c1ccccc1)c1ccccc1. The van der Waals surface area contributed by atoms with Crippen molar-refractivity contribution in [3.8, 4) is 0 Å². The maximum Gasteiger partial charge on any atom is 0.216 e. The predicted molar refractivity (Wildman–Crippen MR) is 102 cm³/mol. The fourth-order valence-corrected chi connectivity index (χ4v) is 4.27. The molecular weight excluding hydrogens is 330 g/mol. The van der Waals surface area contributed by atoms with Crippen LogP contribution in [0, 0.1) is 6.92 Å². The molecule has 1 N–H and O–H groups in total. The first-order chi connectivity index (χ1) is 12.1. The molecule has 0 fully saturated rings. The number of sulfonamides is 1. The molecule has 0 heterocycles. The Morgan fingerprint density at radius 2 is 1.24 bits per heavy atom. The Morgan fingerprint density at radius 3 is 1.76 bits per heavy atom. The summed E-state index contributed by atoms with van der Waals surface area (Å²) in [7, 11) is -3.50. The van der Waals surface area contributed by atoms with E-state index >= 15 is 0 Å². The normalized spacial score (nSPS) is 11.6. The average molecular weight is 351 g/mol. The summed E-state index contributed by atoms with van der Waals surface area (Å²) in [6, 6.07) is 26.4. The Kier molecular flexibility index (Phi) is 5.31. The highest BCUT2D eigenvalue weighted by molar-refractivity contribution is 7.88. The number of hydrogen-bond acceptors (Lipinski definition) is 2. The highest BCUT2D eigenvalue weighted by atomic mass is 32.2. The van der Waals surface area contributed by atoms with E-state index in [1.807, 2.05) is 91.9 Å². The Hall–Kier alpha value is -2.43. The van der Waals surface area contributed by atoms with Crippen LogP contribution in [0.3, 0.4) is 0 Å². The van der Waals surface area contributed by atoms with Crippen molar-refractivity contribution in [3.05, 3.63) is 107 Å². The van der Waals surface area contributed by atoms with E-state index in [1.165, 1.54) is 0 Å². The van der Waals surface area contributed by atoms with Crippen LogP contribution in [0.1, 0.15) is 28.3 Å². The lowest BCUT2D eigenvalue weighted by molar-refractivity contribution is 0.571.